The molecule has 1 unspecified atom stereocenters. The van der Waals surface area contributed by atoms with Crippen LogP contribution in [-0.2, 0) is 15.8 Å². The van der Waals surface area contributed by atoms with Crippen LogP contribution in [0.15, 0.2) is 24.3 Å². The molecule has 0 saturated carbocycles. The van der Waals surface area contributed by atoms with Crippen LogP contribution in [-0.4, -0.2) is 59.4 Å². The minimum absolute atomic E-state index is 0.0639. The number of carbonyl (C=O) groups excluding carboxylic acids is 2. The first-order valence-corrected chi connectivity index (χ1v) is 11.6. The lowest BCUT2D eigenvalue weighted by molar-refractivity contribution is -0.141. The van der Waals surface area contributed by atoms with E-state index in [4.69, 9.17) is 11.6 Å². The molecule has 4 rings (SSSR count). The van der Waals surface area contributed by atoms with Crippen molar-refractivity contribution in [1.82, 2.24) is 20.3 Å². The van der Waals surface area contributed by atoms with Gasteiger partial charge in [-0.05, 0) is 63.1 Å². The van der Waals surface area contributed by atoms with Crippen LogP contribution < -0.4 is 15.3 Å². The fourth-order valence-corrected chi connectivity index (χ4v) is 4.50. The molecule has 0 spiro atoms. The van der Waals surface area contributed by atoms with E-state index in [-0.39, 0.29) is 18.1 Å². The number of nitrogens with one attached hydrogen (secondary N) is 1. The predicted octanol–water partition coefficient (Wildman–Crippen LogP) is 3.36. The number of carbonyl (C=O) groups is 2. The van der Waals surface area contributed by atoms with E-state index in [0.717, 1.165) is 36.1 Å². The number of hydrogen-bond acceptors (Lipinski definition) is 6. The smallest absolute Gasteiger partial charge is 0.311 e. The minimum atomic E-state index is -4.70. The van der Waals surface area contributed by atoms with E-state index >= 15 is 0 Å². The molecule has 2 aliphatic heterocycles. The van der Waals surface area contributed by atoms with Gasteiger partial charge in [0.2, 0.25) is 11.9 Å². The fraction of sp³-hybridized carbons (Fsp3) is 0.478. The molecule has 0 radical (unpaired) electrons. The molecular formula is C23H26ClF3N6O2. The maximum absolute atomic E-state index is 13.8. The van der Waals surface area contributed by atoms with Gasteiger partial charge < -0.3 is 9.80 Å². The van der Waals surface area contributed by atoms with Crippen molar-refractivity contribution >= 4 is 35.1 Å². The van der Waals surface area contributed by atoms with E-state index in [0.29, 0.717) is 23.2 Å². The van der Waals surface area contributed by atoms with Gasteiger partial charge in [0, 0.05) is 36.0 Å². The third-order valence-electron chi connectivity index (χ3n) is 6.19. The second-order valence-corrected chi connectivity index (χ2v) is 9.52. The summed E-state index contributed by atoms with van der Waals surface area (Å²) in [6.45, 7) is 5.46. The first-order chi connectivity index (χ1) is 16.4. The van der Waals surface area contributed by atoms with Gasteiger partial charge in [-0.3, -0.25) is 15.0 Å². The molecule has 2 aromatic rings. The lowest BCUT2D eigenvalue weighted by atomic mass is 9.96. The number of likely N-dealkylation sites (tertiary alicyclic amines) is 1. The standard InChI is InChI=1S/C23H26ClF3N6O2/c1-13-8-16(4-5-17(13)24)32(7-6-15-11-31(3)12-15)21(35)18-10-20(34)30-33(18)22-28-14(2)9-19(29-22)23(25,26)27/h4-5,8-9,15,18H,6-7,10-12H2,1-3H3,(H,30,34). The van der Waals surface area contributed by atoms with Crippen molar-refractivity contribution in [3.8, 4) is 0 Å². The lowest BCUT2D eigenvalue weighted by Gasteiger charge is -2.38. The van der Waals surface area contributed by atoms with E-state index < -0.39 is 29.7 Å². The molecule has 0 aliphatic carbocycles. The van der Waals surface area contributed by atoms with E-state index in [9.17, 15) is 22.8 Å². The molecule has 188 valence electrons. The Balaban J connectivity index is 1.65. The molecule has 8 nitrogen and oxygen atoms in total. The Morgan fingerprint density at radius 2 is 1.94 bits per heavy atom. The second-order valence-electron chi connectivity index (χ2n) is 9.12. The quantitative estimate of drug-likeness (QED) is 0.642. The van der Waals surface area contributed by atoms with Crippen molar-refractivity contribution in [2.75, 3.05) is 36.6 Å². The Morgan fingerprint density at radius 3 is 2.57 bits per heavy atom. The summed E-state index contributed by atoms with van der Waals surface area (Å²) in [6.07, 6.45) is -4.19. The average Bonchev–Trinajstić information content (AvgIpc) is 3.15. The fourth-order valence-electron chi connectivity index (χ4n) is 4.38. The van der Waals surface area contributed by atoms with E-state index in [1.54, 1.807) is 23.1 Å². The van der Waals surface area contributed by atoms with Crippen LogP contribution >= 0.6 is 11.6 Å². The number of hydrazine groups is 1. The van der Waals surface area contributed by atoms with Gasteiger partial charge in [-0.25, -0.2) is 15.0 Å². The predicted molar refractivity (Wildman–Crippen MR) is 125 cm³/mol. The highest BCUT2D eigenvalue weighted by Gasteiger charge is 2.42. The molecule has 3 heterocycles. The summed E-state index contributed by atoms with van der Waals surface area (Å²) < 4.78 is 40.0. The molecule has 12 heteroatoms. The lowest BCUT2D eigenvalue weighted by Crippen LogP contribution is -2.51. The summed E-state index contributed by atoms with van der Waals surface area (Å²) in [5.74, 6) is -0.891. The molecular weight excluding hydrogens is 485 g/mol. The highest BCUT2D eigenvalue weighted by Crippen LogP contribution is 2.31. The molecule has 35 heavy (non-hydrogen) atoms. The number of benzene rings is 1. The molecule has 1 aromatic carbocycles. The van der Waals surface area contributed by atoms with Crippen LogP contribution in [0.5, 0.6) is 0 Å². The van der Waals surface area contributed by atoms with Gasteiger partial charge >= 0.3 is 6.18 Å². The maximum atomic E-state index is 13.8. The first kappa shape index (κ1) is 25.2. The number of halogens is 4. The Morgan fingerprint density at radius 1 is 1.23 bits per heavy atom. The van der Waals surface area contributed by atoms with Crippen LogP contribution in [0, 0.1) is 19.8 Å². The van der Waals surface area contributed by atoms with Crippen molar-refractivity contribution in [3.63, 3.8) is 0 Å². The van der Waals surface area contributed by atoms with Crippen LogP contribution in [0.2, 0.25) is 5.02 Å². The van der Waals surface area contributed by atoms with Gasteiger partial charge in [-0.1, -0.05) is 11.6 Å². The van der Waals surface area contributed by atoms with Crippen molar-refractivity contribution in [2.24, 2.45) is 5.92 Å². The maximum Gasteiger partial charge on any atom is 0.433 e. The number of nitrogens with zero attached hydrogens (tertiary/aromatic N) is 5. The van der Waals surface area contributed by atoms with E-state index in [1.165, 1.54) is 6.92 Å². The molecule has 1 N–H and O–H groups in total. The molecule has 1 atom stereocenters. The number of aryl methyl sites for hydroxylation is 2. The van der Waals surface area contributed by atoms with Gasteiger partial charge in [0.05, 0.1) is 6.42 Å². The number of anilines is 2. The summed E-state index contributed by atoms with van der Waals surface area (Å²) in [5.41, 5.74) is 2.75. The Bertz CT molecular complexity index is 1140. The summed E-state index contributed by atoms with van der Waals surface area (Å²) in [6, 6.07) is 4.91. The van der Waals surface area contributed by atoms with Gasteiger partial charge in [0.15, 0.2) is 0 Å². The average molecular weight is 511 g/mol. The summed E-state index contributed by atoms with van der Waals surface area (Å²) >= 11 is 6.18. The largest absolute Gasteiger partial charge is 0.433 e. The zero-order chi connectivity index (χ0) is 25.5. The molecule has 2 amide bonds. The first-order valence-electron chi connectivity index (χ1n) is 11.2. The number of alkyl halides is 3. The Kier molecular flexibility index (Phi) is 6.92. The van der Waals surface area contributed by atoms with Crippen molar-refractivity contribution in [2.45, 2.75) is 38.9 Å². The monoisotopic (exact) mass is 510 g/mol. The molecule has 0 bridgehead atoms. The zero-order valence-corrected chi connectivity index (χ0v) is 20.3. The highest BCUT2D eigenvalue weighted by molar-refractivity contribution is 6.31. The number of aromatic nitrogens is 2. The van der Waals surface area contributed by atoms with Gasteiger partial charge in [0.25, 0.3) is 5.91 Å². The Labute approximate surface area is 206 Å². The number of amides is 2. The van der Waals surface area contributed by atoms with Crippen LogP contribution in [0.25, 0.3) is 0 Å². The normalized spacial score (nSPS) is 19.0. The number of rotatable bonds is 6. The van der Waals surface area contributed by atoms with Crippen LogP contribution in [0.4, 0.5) is 24.8 Å². The van der Waals surface area contributed by atoms with E-state index in [2.05, 4.69) is 20.3 Å². The third-order valence-corrected chi connectivity index (χ3v) is 6.61. The highest BCUT2D eigenvalue weighted by atomic mass is 35.5. The SMILES string of the molecule is Cc1cc(C(F)(F)F)nc(N2NC(=O)CC2C(=O)N(CCC2CN(C)C2)c2ccc(Cl)c(C)c2)n1. The van der Waals surface area contributed by atoms with E-state index in [1.807, 2.05) is 14.0 Å². The minimum Gasteiger partial charge on any atom is -0.311 e. The van der Waals surface area contributed by atoms with Gasteiger partial charge in [0.1, 0.15) is 11.7 Å². The molecule has 2 aliphatic rings. The molecule has 2 fully saturated rings. The number of hydrogen-bond donors (Lipinski definition) is 1. The van der Waals surface area contributed by atoms with Crippen molar-refractivity contribution < 1.29 is 22.8 Å². The van der Waals surface area contributed by atoms with Crippen LogP contribution in [0.3, 0.4) is 0 Å². The summed E-state index contributed by atoms with van der Waals surface area (Å²) in [7, 11) is 2.02. The van der Waals surface area contributed by atoms with Gasteiger partial charge in [-0.15, -0.1) is 0 Å². The van der Waals surface area contributed by atoms with Crippen LogP contribution in [0.1, 0.15) is 29.8 Å². The zero-order valence-electron chi connectivity index (χ0n) is 19.6. The molecule has 1 aromatic heterocycles. The third kappa shape index (κ3) is 5.51. The summed E-state index contributed by atoms with van der Waals surface area (Å²) in [5, 5.41) is 1.59. The second kappa shape index (κ2) is 9.62. The van der Waals surface area contributed by atoms with Gasteiger partial charge in [-0.2, -0.15) is 13.2 Å². The summed E-state index contributed by atoms with van der Waals surface area (Å²) in [4.78, 5) is 37.5. The molecule has 2 saturated heterocycles. The Hall–Kier alpha value is -2.92. The van der Waals surface area contributed by atoms with Crippen molar-refractivity contribution in [3.05, 3.63) is 46.2 Å². The van der Waals surface area contributed by atoms with Crippen molar-refractivity contribution in [1.29, 1.82) is 0 Å². The topological polar surface area (TPSA) is 81.7 Å².